The van der Waals surface area contributed by atoms with Crippen LogP contribution in [0.3, 0.4) is 0 Å². The maximum atomic E-state index is 13.1. The predicted molar refractivity (Wildman–Crippen MR) is 107 cm³/mol. The average Bonchev–Trinajstić information content (AvgIpc) is 2.79. The Bertz CT molecular complexity index is 831. The second-order valence-corrected chi connectivity index (χ2v) is 7.66. The molecule has 2 heterocycles. The summed E-state index contributed by atoms with van der Waals surface area (Å²) >= 11 is 0. The predicted octanol–water partition coefficient (Wildman–Crippen LogP) is 2.65. The molecule has 3 unspecified atom stereocenters. The number of amides is 1. The van der Waals surface area contributed by atoms with Gasteiger partial charge in [-0.15, -0.1) is 0 Å². The SMILES string of the molecule is COc1ccc(C2=COC3CC(OC(=O)N4CCOCC4)CCC3C2=O)cc1OC. The third-order valence-electron chi connectivity index (χ3n) is 5.94. The first-order valence-corrected chi connectivity index (χ1v) is 10.3. The van der Waals surface area contributed by atoms with Crippen LogP contribution in [0.2, 0.25) is 0 Å². The second-order valence-electron chi connectivity index (χ2n) is 7.66. The van der Waals surface area contributed by atoms with Crippen LogP contribution in [0.4, 0.5) is 4.79 Å². The average molecular weight is 417 g/mol. The van der Waals surface area contributed by atoms with Gasteiger partial charge in [0.15, 0.2) is 17.3 Å². The molecule has 8 heteroatoms. The number of benzene rings is 1. The van der Waals surface area contributed by atoms with Crippen molar-refractivity contribution in [2.24, 2.45) is 5.92 Å². The molecule has 1 aliphatic carbocycles. The van der Waals surface area contributed by atoms with Gasteiger partial charge in [0, 0.05) is 19.5 Å². The lowest BCUT2D eigenvalue weighted by atomic mass is 9.78. The number of carbonyl (C=O) groups is 2. The van der Waals surface area contributed by atoms with Crippen LogP contribution in [0, 0.1) is 5.92 Å². The lowest BCUT2D eigenvalue weighted by molar-refractivity contribution is -0.126. The van der Waals surface area contributed by atoms with Crippen molar-refractivity contribution < 1.29 is 33.3 Å². The van der Waals surface area contributed by atoms with Crippen molar-refractivity contribution >= 4 is 17.4 Å². The summed E-state index contributed by atoms with van der Waals surface area (Å²) in [7, 11) is 3.13. The molecule has 0 radical (unpaired) electrons. The van der Waals surface area contributed by atoms with Gasteiger partial charge in [-0.25, -0.2) is 4.79 Å². The van der Waals surface area contributed by atoms with Gasteiger partial charge in [0.1, 0.15) is 12.2 Å². The molecule has 0 N–H and O–H groups in total. The minimum atomic E-state index is -0.314. The highest BCUT2D eigenvalue weighted by Gasteiger charge is 2.42. The van der Waals surface area contributed by atoms with E-state index >= 15 is 0 Å². The van der Waals surface area contributed by atoms with E-state index in [1.165, 1.54) is 6.26 Å². The minimum absolute atomic E-state index is 0.0522. The highest BCUT2D eigenvalue weighted by Crippen LogP contribution is 2.39. The summed E-state index contributed by atoms with van der Waals surface area (Å²) < 4.78 is 27.5. The second kappa shape index (κ2) is 8.95. The van der Waals surface area contributed by atoms with E-state index < -0.39 is 0 Å². The van der Waals surface area contributed by atoms with Crippen LogP contribution < -0.4 is 9.47 Å². The lowest BCUT2D eigenvalue weighted by Crippen LogP contribution is -2.45. The number of fused-ring (bicyclic) bond motifs is 1. The number of Topliss-reactive ketones (excluding diaryl/α,β-unsaturated/α-hetero) is 1. The smallest absolute Gasteiger partial charge is 0.410 e. The van der Waals surface area contributed by atoms with E-state index in [9.17, 15) is 9.59 Å². The largest absolute Gasteiger partial charge is 0.496 e. The fourth-order valence-electron chi connectivity index (χ4n) is 4.24. The first-order valence-electron chi connectivity index (χ1n) is 10.3. The number of allylic oxidation sites excluding steroid dienone is 1. The number of carbonyl (C=O) groups excluding carboxylic acids is 2. The summed E-state index contributed by atoms with van der Waals surface area (Å²) in [6.45, 7) is 2.16. The van der Waals surface area contributed by atoms with Crippen molar-refractivity contribution in [2.75, 3.05) is 40.5 Å². The summed E-state index contributed by atoms with van der Waals surface area (Å²) in [5.74, 6) is 0.976. The molecule has 0 aromatic heterocycles. The Morgan fingerprint density at radius 3 is 2.60 bits per heavy atom. The maximum absolute atomic E-state index is 13.1. The van der Waals surface area contributed by atoms with Crippen LogP contribution in [0.1, 0.15) is 24.8 Å². The number of hydrogen-bond donors (Lipinski definition) is 0. The number of ether oxygens (including phenoxy) is 5. The molecule has 8 nitrogen and oxygen atoms in total. The van der Waals surface area contributed by atoms with Crippen LogP contribution in [0.15, 0.2) is 24.5 Å². The summed E-state index contributed by atoms with van der Waals surface area (Å²) in [4.78, 5) is 27.2. The Balaban J connectivity index is 1.42. The van der Waals surface area contributed by atoms with Crippen LogP contribution in [0.25, 0.3) is 5.57 Å². The van der Waals surface area contributed by atoms with E-state index in [0.29, 0.717) is 62.6 Å². The van der Waals surface area contributed by atoms with Gasteiger partial charge in [0.2, 0.25) is 0 Å². The van der Waals surface area contributed by atoms with Gasteiger partial charge >= 0.3 is 6.09 Å². The van der Waals surface area contributed by atoms with E-state index in [1.807, 2.05) is 6.07 Å². The van der Waals surface area contributed by atoms with E-state index in [4.69, 9.17) is 23.7 Å². The maximum Gasteiger partial charge on any atom is 0.410 e. The Morgan fingerprint density at radius 1 is 1.10 bits per heavy atom. The molecule has 2 fully saturated rings. The van der Waals surface area contributed by atoms with Gasteiger partial charge in [-0.2, -0.15) is 0 Å². The Morgan fingerprint density at radius 2 is 1.87 bits per heavy atom. The van der Waals surface area contributed by atoms with E-state index in [-0.39, 0.29) is 30.0 Å². The van der Waals surface area contributed by atoms with Crippen molar-refractivity contribution in [3.8, 4) is 11.5 Å². The third kappa shape index (κ3) is 4.09. The molecule has 3 aliphatic rings. The zero-order valence-corrected chi connectivity index (χ0v) is 17.3. The number of rotatable bonds is 4. The van der Waals surface area contributed by atoms with Gasteiger partial charge in [-0.3, -0.25) is 4.79 Å². The van der Waals surface area contributed by atoms with Crippen LogP contribution in [0.5, 0.6) is 11.5 Å². The van der Waals surface area contributed by atoms with Gasteiger partial charge in [-0.05, 0) is 30.5 Å². The van der Waals surface area contributed by atoms with Crippen molar-refractivity contribution in [1.82, 2.24) is 4.90 Å². The van der Waals surface area contributed by atoms with E-state index in [0.717, 1.165) is 5.56 Å². The monoisotopic (exact) mass is 417 g/mol. The summed E-state index contributed by atoms with van der Waals surface area (Å²) in [5, 5.41) is 0. The normalized spacial score (nSPS) is 26.2. The summed E-state index contributed by atoms with van der Waals surface area (Å²) in [5.41, 5.74) is 1.26. The molecule has 1 amide bonds. The molecule has 0 spiro atoms. The van der Waals surface area contributed by atoms with Gasteiger partial charge in [-0.1, -0.05) is 6.07 Å². The molecule has 0 bridgehead atoms. The van der Waals surface area contributed by atoms with Gasteiger partial charge in [0.25, 0.3) is 0 Å². The quantitative estimate of drug-likeness (QED) is 0.745. The molecular weight excluding hydrogens is 390 g/mol. The number of nitrogens with zero attached hydrogens (tertiary/aromatic N) is 1. The molecule has 1 aromatic rings. The zero-order valence-electron chi connectivity index (χ0n) is 17.3. The first kappa shape index (κ1) is 20.5. The molecular formula is C22H27NO7. The highest BCUT2D eigenvalue weighted by molar-refractivity contribution is 6.22. The number of ketones is 1. The molecule has 4 rings (SSSR count). The fraction of sp³-hybridized carbons (Fsp3) is 0.545. The van der Waals surface area contributed by atoms with E-state index in [1.54, 1.807) is 31.3 Å². The van der Waals surface area contributed by atoms with E-state index in [2.05, 4.69) is 0 Å². The molecule has 2 aliphatic heterocycles. The number of methoxy groups -OCH3 is 2. The molecule has 3 atom stereocenters. The number of hydrogen-bond acceptors (Lipinski definition) is 7. The molecule has 1 aromatic carbocycles. The van der Waals surface area contributed by atoms with Crippen molar-refractivity contribution in [1.29, 1.82) is 0 Å². The van der Waals surface area contributed by atoms with Crippen molar-refractivity contribution in [3.05, 3.63) is 30.0 Å². The van der Waals surface area contributed by atoms with Gasteiger partial charge < -0.3 is 28.6 Å². The summed E-state index contributed by atoms with van der Waals surface area (Å²) in [6.07, 6.45) is 2.47. The van der Waals surface area contributed by atoms with Crippen LogP contribution >= 0.6 is 0 Å². The van der Waals surface area contributed by atoms with Crippen molar-refractivity contribution in [2.45, 2.75) is 31.5 Å². The topological polar surface area (TPSA) is 83.5 Å². The van der Waals surface area contributed by atoms with Crippen LogP contribution in [-0.2, 0) is 19.0 Å². The van der Waals surface area contributed by atoms with Crippen molar-refractivity contribution in [3.63, 3.8) is 0 Å². The third-order valence-corrected chi connectivity index (χ3v) is 5.94. The Kier molecular flexibility index (Phi) is 6.13. The lowest BCUT2D eigenvalue weighted by Gasteiger charge is -2.38. The molecule has 162 valence electrons. The zero-order chi connectivity index (χ0) is 21.1. The Labute approximate surface area is 175 Å². The molecule has 1 saturated heterocycles. The molecule has 30 heavy (non-hydrogen) atoms. The highest BCUT2D eigenvalue weighted by atomic mass is 16.6. The van der Waals surface area contributed by atoms with Crippen LogP contribution in [-0.4, -0.2) is 69.5 Å². The Hall–Kier alpha value is -2.74. The van der Waals surface area contributed by atoms with Gasteiger partial charge in [0.05, 0.1) is 45.2 Å². The minimum Gasteiger partial charge on any atom is -0.496 e. The summed E-state index contributed by atoms with van der Waals surface area (Å²) in [6, 6.07) is 5.38. The standard InChI is InChI=1S/C22H27NO7/c1-26-18-6-3-14(11-20(18)27-2)17-13-29-19-12-15(4-5-16(19)21(17)24)30-22(25)23-7-9-28-10-8-23/h3,6,11,13,15-16,19H,4-5,7-10,12H2,1-2H3. The molecule has 1 saturated carbocycles. The first-order chi connectivity index (χ1) is 14.6. The number of morpholine rings is 1. The fourth-order valence-corrected chi connectivity index (χ4v) is 4.24.